The summed E-state index contributed by atoms with van der Waals surface area (Å²) in [6, 6.07) is 18.0. The largest absolute Gasteiger partial charge is 0.462 e. The van der Waals surface area contributed by atoms with Crippen molar-refractivity contribution in [3.05, 3.63) is 114 Å². The van der Waals surface area contributed by atoms with Gasteiger partial charge in [-0.2, -0.15) is 0 Å². The maximum absolute atomic E-state index is 14.7. The van der Waals surface area contributed by atoms with Gasteiger partial charge in [-0.1, -0.05) is 49.6 Å². The van der Waals surface area contributed by atoms with Crippen molar-refractivity contribution in [2.24, 2.45) is 0 Å². The third-order valence-corrected chi connectivity index (χ3v) is 5.26. The number of carbonyl (C=O) groups is 3. The van der Waals surface area contributed by atoms with Gasteiger partial charge < -0.3 is 14.2 Å². The molecule has 0 N–H and O–H groups in total. The summed E-state index contributed by atoms with van der Waals surface area (Å²) >= 11 is 0. The van der Waals surface area contributed by atoms with Crippen LogP contribution >= 0.6 is 0 Å². The van der Waals surface area contributed by atoms with Crippen LogP contribution in [0, 0.1) is 5.82 Å². The smallest absolute Gasteiger partial charge is 0.338 e. The lowest BCUT2D eigenvalue weighted by molar-refractivity contribution is -0.139. The summed E-state index contributed by atoms with van der Waals surface area (Å²) in [5.74, 6) is -1.44. The molecule has 3 rings (SSSR count). The first-order valence-corrected chi connectivity index (χ1v) is 11.7. The molecule has 0 atom stereocenters. The highest BCUT2D eigenvalue weighted by Crippen LogP contribution is 2.25. The van der Waals surface area contributed by atoms with Crippen LogP contribution in [0.4, 0.5) is 4.39 Å². The monoisotopic (exact) mass is 514 g/mol. The minimum atomic E-state index is -0.656. The summed E-state index contributed by atoms with van der Waals surface area (Å²) in [5, 5.41) is 0. The van der Waals surface area contributed by atoms with Gasteiger partial charge in [0.05, 0.1) is 6.61 Å². The Morgan fingerprint density at radius 1 is 0.789 bits per heavy atom. The summed E-state index contributed by atoms with van der Waals surface area (Å²) in [6.45, 7) is 10.4. The number of halogens is 1. The Kier molecular flexibility index (Phi) is 9.48. The Bertz CT molecular complexity index is 1380. The van der Waals surface area contributed by atoms with E-state index in [4.69, 9.17) is 14.2 Å². The fourth-order valence-corrected chi connectivity index (χ4v) is 3.17. The number of ether oxygens (including phenoxy) is 3. The molecule has 0 fully saturated rings. The van der Waals surface area contributed by atoms with Crippen LogP contribution in [-0.4, -0.2) is 24.5 Å². The van der Waals surface area contributed by atoms with Crippen LogP contribution in [0.5, 0.6) is 11.5 Å². The highest BCUT2D eigenvalue weighted by atomic mass is 19.1. The Morgan fingerprint density at radius 3 is 1.97 bits per heavy atom. The standard InChI is InChI=1S/C31H27FO6/c1-20(2)30(34)36-18-17-22-5-12-26(13-6-22)37-29(33)16-11-24-7-8-25(19-28(24)32)23-9-14-27(15-10-23)38-31(35)21(3)4/h5-16,19H,1,3,17-18H2,2,4H3/b16-11+. The molecule has 6 nitrogen and oxygen atoms in total. The van der Waals surface area contributed by atoms with Gasteiger partial charge in [-0.15, -0.1) is 0 Å². The predicted molar refractivity (Wildman–Crippen MR) is 143 cm³/mol. The van der Waals surface area contributed by atoms with Gasteiger partial charge in [-0.05, 0) is 66.9 Å². The Morgan fingerprint density at radius 2 is 1.37 bits per heavy atom. The van der Waals surface area contributed by atoms with E-state index in [9.17, 15) is 18.8 Å². The molecular weight excluding hydrogens is 487 g/mol. The molecule has 0 unspecified atom stereocenters. The number of hydrogen-bond donors (Lipinski definition) is 0. The first kappa shape index (κ1) is 27.8. The van der Waals surface area contributed by atoms with Gasteiger partial charge in [0.25, 0.3) is 0 Å². The van der Waals surface area contributed by atoms with Crippen LogP contribution in [0.1, 0.15) is 25.0 Å². The van der Waals surface area contributed by atoms with Gasteiger partial charge in [0.15, 0.2) is 0 Å². The molecule has 0 aliphatic rings. The van der Waals surface area contributed by atoms with Gasteiger partial charge in [-0.25, -0.2) is 18.8 Å². The Labute approximate surface area is 220 Å². The van der Waals surface area contributed by atoms with E-state index in [1.807, 2.05) is 0 Å². The van der Waals surface area contributed by atoms with Crippen molar-refractivity contribution in [3.63, 3.8) is 0 Å². The molecule has 0 bridgehead atoms. The SMILES string of the molecule is C=C(C)C(=O)OCCc1ccc(OC(=O)/C=C/c2ccc(-c3ccc(OC(=O)C(=C)C)cc3)cc2F)cc1. The summed E-state index contributed by atoms with van der Waals surface area (Å²) in [7, 11) is 0. The second kappa shape index (κ2) is 13.0. The van der Waals surface area contributed by atoms with E-state index in [0.29, 0.717) is 29.1 Å². The fraction of sp³-hybridized carbons (Fsp3) is 0.129. The fourth-order valence-electron chi connectivity index (χ4n) is 3.17. The maximum Gasteiger partial charge on any atom is 0.338 e. The summed E-state index contributed by atoms with van der Waals surface area (Å²) < 4.78 is 30.2. The molecule has 38 heavy (non-hydrogen) atoms. The zero-order chi connectivity index (χ0) is 27.7. The van der Waals surface area contributed by atoms with Crippen molar-refractivity contribution >= 4 is 24.0 Å². The van der Waals surface area contributed by atoms with Crippen LogP contribution in [0.3, 0.4) is 0 Å². The van der Waals surface area contributed by atoms with Crippen molar-refractivity contribution < 1.29 is 33.0 Å². The van der Waals surface area contributed by atoms with Crippen molar-refractivity contribution in [2.45, 2.75) is 20.3 Å². The molecule has 7 heteroatoms. The maximum atomic E-state index is 14.7. The highest BCUT2D eigenvalue weighted by Gasteiger charge is 2.08. The van der Waals surface area contributed by atoms with Crippen molar-refractivity contribution in [1.29, 1.82) is 0 Å². The second-order valence-electron chi connectivity index (χ2n) is 8.50. The predicted octanol–water partition coefficient (Wildman–Crippen LogP) is 6.25. The van der Waals surface area contributed by atoms with Gasteiger partial charge in [0.1, 0.15) is 17.3 Å². The highest BCUT2D eigenvalue weighted by molar-refractivity contribution is 5.89. The van der Waals surface area contributed by atoms with E-state index in [2.05, 4.69) is 13.2 Å². The van der Waals surface area contributed by atoms with Gasteiger partial charge in [0, 0.05) is 29.2 Å². The van der Waals surface area contributed by atoms with Crippen LogP contribution in [-0.2, 0) is 25.5 Å². The lowest BCUT2D eigenvalue weighted by atomic mass is 10.0. The van der Waals surface area contributed by atoms with Crippen molar-refractivity contribution in [2.75, 3.05) is 6.61 Å². The zero-order valence-electron chi connectivity index (χ0n) is 21.2. The van der Waals surface area contributed by atoms with E-state index in [0.717, 1.165) is 17.2 Å². The van der Waals surface area contributed by atoms with E-state index in [1.165, 1.54) is 12.1 Å². The normalized spacial score (nSPS) is 10.6. The van der Waals surface area contributed by atoms with Gasteiger partial charge in [0.2, 0.25) is 0 Å². The molecule has 0 amide bonds. The third kappa shape index (κ3) is 8.13. The summed E-state index contributed by atoms with van der Waals surface area (Å²) in [6.07, 6.45) is 2.99. The molecule has 3 aromatic carbocycles. The average Bonchev–Trinajstić information content (AvgIpc) is 2.89. The molecule has 0 radical (unpaired) electrons. The number of hydrogen-bond acceptors (Lipinski definition) is 6. The van der Waals surface area contributed by atoms with E-state index in [1.54, 1.807) is 74.5 Å². The molecule has 194 valence electrons. The molecule has 0 heterocycles. The molecule has 0 aliphatic carbocycles. The average molecular weight is 515 g/mol. The van der Waals surface area contributed by atoms with E-state index >= 15 is 0 Å². The van der Waals surface area contributed by atoms with Crippen molar-refractivity contribution in [3.8, 4) is 22.6 Å². The Balaban J connectivity index is 1.55. The van der Waals surface area contributed by atoms with Crippen LogP contribution in [0.2, 0.25) is 0 Å². The molecule has 0 aromatic heterocycles. The Hall–Kier alpha value is -4.78. The second-order valence-corrected chi connectivity index (χ2v) is 8.50. The summed E-state index contributed by atoms with van der Waals surface area (Å²) in [5.41, 5.74) is 3.10. The molecule has 0 spiro atoms. The first-order chi connectivity index (χ1) is 18.1. The number of esters is 3. The number of benzene rings is 3. The minimum absolute atomic E-state index is 0.216. The lowest BCUT2D eigenvalue weighted by Gasteiger charge is -2.07. The minimum Gasteiger partial charge on any atom is -0.462 e. The number of rotatable bonds is 10. The summed E-state index contributed by atoms with van der Waals surface area (Å²) in [4.78, 5) is 35.2. The zero-order valence-corrected chi connectivity index (χ0v) is 21.2. The lowest BCUT2D eigenvalue weighted by Crippen LogP contribution is -2.08. The quantitative estimate of drug-likeness (QED) is 0.181. The van der Waals surface area contributed by atoms with Crippen LogP contribution in [0.25, 0.3) is 17.2 Å². The van der Waals surface area contributed by atoms with Gasteiger partial charge in [-0.3, -0.25) is 0 Å². The van der Waals surface area contributed by atoms with Gasteiger partial charge >= 0.3 is 17.9 Å². The van der Waals surface area contributed by atoms with Crippen LogP contribution in [0.15, 0.2) is 97.1 Å². The molecular formula is C31H27FO6. The first-order valence-electron chi connectivity index (χ1n) is 11.7. The molecule has 0 saturated carbocycles. The number of carbonyl (C=O) groups excluding carboxylic acids is 3. The van der Waals surface area contributed by atoms with Crippen LogP contribution < -0.4 is 9.47 Å². The van der Waals surface area contributed by atoms with E-state index in [-0.39, 0.29) is 17.7 Å². The van der Waals surface area contributed by atoms with E-state index < -0.39 is 23.7 Å². The molecule has 0 saturated heterocycles. The third-order valence-electron chi connectivity index (χ3n) is 5.26. The molecule has 0 aliphatic heterocycles. The molecule has 3 aromatic rings. The topological polar surface area (TPSA) is 78.9 Å². The van der Waals surface area contributed by atoms with Crippen molar-refractivity contribution in [1.82, 2.24) is 0 Å².